The number of amides is 2. The molecule has 3 nitrogen and oxygen atoms in total. The SMILES string of the molecule is O=C1C=CC(=O)N1.[Mo]. The molecule has 42 valence electrons. The van der Waals surface area contributed by atoms with Crippen LogP contribution in [0.5, 0.6) is 0 Å². The maximum absolute atomic E-state index is 10.0. The Morgan fingerprint density at radius 3 is 1.62 bits per heavy atom. The van der Waals surface area contributed by atoms with Crippen molar-refractivity contribution >= 4 is 11.8 Å². The maximum Gasteiger partial charge on any atom is 0.250 e. The van der Waals surface area contributed by atoms with Gasteiger partial charge in [0.15, 0.2) is 0 Å². The van der Waals surface area contributed by atoms with Crippen LogP contribution in [0.3, 0.4) is 0 Å². The Labute approximate surface area is 60.4 Å². The minimum atomic E-state index is -0.329. The van der Waals surface area contributed by atoms with E-state index in [-0.39, 0.29) is 32.9 Å². The van der Waals surface area contributed by atoms with Crippen LogP contribution < -0.4 is 5.32 Å². The van der Waals surface area contributed by atoms with Crippen LogP contribution in [0.1, 0.15) is 0 Å². The van der Waals surface area contributed by atoms with Crippen molar-refractivity contribution in [1.82, 2.24) is 5.32 Å². The van der Waals surface area contributed by atoms with Crippen LogP contribution in [0.2, 0.25) is 0 Å². The van der Waals surface area contributed by atoms with Gasteiger partial charge in [-0.15, -0.1) is 0 Å². The fourth-order valence-corrected chi connectivity index (χ4v) is 0.356. The van der Waals surface area contributed by atoms with Gasteiger partial charge < -0.3 is 0 Å². The van der Waals surface area contributed by atoms with Crippen molar-refractivity contribution < 1.29 is 30.7 Å². The maximum atomic E-state index is 10.0. The van der Waals surface area contributed by atoms with Gasteiger partial charge in [0.1, 0.15) is 0 Å². The summed E-state index contributed by atoms with van der Waals surface area (Å²) in [6, 6.07) is 0. The number of nitrogens with one attached hydrogen (secondary N) is 1. The van der Waals surface area contributed by atoms with Gasteiger partial charge in [-0.3, -0.25) is 14.9 Å². The van der Waals surface area contributed by atoms with E-state index in [4.69, 9.17) is 0 Å². The summed E-state index contributed by atoms with van der Waals surface area (Å²) in [5.41, 5.74) is 0. The van der Waals surface area contributed by atoms with Crippen LogP contribution in [-0.2, 0) is 30.7 Å². The molecule has 0 fully saturated rings. The van der Waals surface area contributed by atoms with Crippen molar-refractivity contribution in [1.29, 1.82) is 0 Å². The third-order valence-corrected chi connectivity index (χ3v) is 0.632. The molecule has 0 aromatic rings. The third-order valence-electron chi connectivity index (χ3n) is 0.632. The van der Waals surface area contributed by atoms with Gasteiger partial charge in [0.05, 0.1) is 0 Å². The second-order valence-corrected chi connectivity index (χ2v) is 1.19. The molecule has 2 amide bonds. The summed E-state index contributed by atoms with van der Waals surface area (Å²) in [6.07, 6.45) is 2.39. The Morgan fingerprint density at radius 2 is 1.50 bits per heavy atom. The predicted molar refractivity (Wildman–Crippen MR) is 22.3 cm³/mol. The van der Waals surface area contributed by atoms with E-state index in [0.29, 0.717) is 0 Å². The fraction of sp³-hybridized carbons (Fsp3) is 0. The summed E-state index contributed by atoms with van der Waals surface area (Å²) in [6.45, 7) is 0. The molecule has 0 aliphatic carbocycles. The largest absolute Gasteiger partial charge is 0.289 e. The molecule has 8 heavy (non-hydrogen) atoms. The second kappa shape index (κ2) is 2.77. The molecule has 0 aromatic carbocycles. The number of carbonyl (C=O) groups excluding carboxylic acids is 2. The van der Waals surface area contributed by atoms with Gasteiger partial charge in [0, 0.05) is 33.2 Å². The fourth-order valence-electron chi connectivity index (χ4n) is 0.356. The summed E-state index contributed by atoms with van der Waals surface area (Å²) >= 11 is 0. The van der Waals surface area contributed by atoms with Crippen molar-refractivity contribution in [2.24, 2.45) is 0 Å². The average molecular weight is 193 g/mol. The second-order valence-electron chi connectivity index (χ2n) is 1.19. The van der Waals surface area contributed by atoms with Crippen molar-refractivity contribution in [2.45, 2.75) is 0 Å². The summed E-state index contributed by atoms with van der Waals surface area (Å²) in [5, 5.41) is 2.03. The minimum absolute atomic E-state index is 0. The zero-order chi connectivity index (χ0) is 5.28. The Morgan fingerprint density at radius 1 is 1.12 bits per heavy atom. The Kier molecular flexibility index (Phi) is 2.62. The molecular weight excluding hydrogens is 190 g/mol. The van der Waals surface area contributed by atoms with E-state index in [9.17, 15) is 9.59 Å². The number of hydrogen-bond acceptors (Lipinski definition) is 2. The molecule has 0 unspecified atom stereocenters. The minimum Gasteiger partial charge on any atom is -0.289 e. The molecule has 1 N–H and O–H groups in total. The van der Waals surface area contributed by atoms with Crippen molar-refractivity contribution in [3.8, 4) is 0 Å². The first kappa shape index (κ1) is 7.57. The summed E-state index contributed by atoms with van der Waals surface area (Å²) in [5.74, 6) is -0.657. The summed E-state index contributed by atoms with van der Waals surface area (Å²) < 4.78 is 0. The first-order valence-corrected chi connectivity index (χ1v) is 1.82. The average Bonchev–Trinajstić information content (AvgIpc) is 1.87. The molecule has 1 aliphatic rings. The van der Waals surface area contributed by atoms with Gasteiger partial charge >= 0.3 is 0 Å². The van der Waals surface area contributed by atoms with Crippen LogP contribution in [-0.4, -0.2) is 11.8 Å². The van der Waals surface area contributed by atoms with Gasteiger partial charge in [0.2, 0.25) is 0 Å². The molecular formula is C4H3MoNO2. The molecule has 1 rings (SSSR count). The molecule has 0 saturated carbocycles. The van der Waals surface area contributed by atoms with E-state index in [2.05, 4.69) is 0 Å². The topological polar surface area (TPSA) is 46.2 Å². The van der Waals surface area contributed by atoms with Gasteiger partial charge in [-0.2, -0.15) is 0 Å². The number of rotatable bonds is 0. The van der Waals surface area contributed by atoms with E-state index in [1.807, 2.05) is 5.32 Å². The van der Waals surface area contributed by atoms with Crippen LogP contribution in [0, 0.1) is 0 Å². The van der Waals surface area contributed by atoms with Gasteiger partial charge in [-0.1, -0.05) is 0 Å². The van der Waals surface area contributed by atoms with E-state index in [1.165, 1.54) is 12.2 Å². The summed E-state index contributed by atoms with van der Waals surface area (Å²) in [7, 11) is 0. The molecule has 1 heterocycles. The monoisotopic (exact) mass is 195 g/mol. The molecule has 0 bridgehead atoms. The van der Waals surface area contributed by atoms with Gasteiger partial charge in [0.25, 0.3) is 11.8 Å². The van der Waals surface area contributed by atoms with Crippen molar-refractivity contribution in [3.63, 3.8) is 0 Å². The van der Waals surface area contributed by atoms with E-state index in [0.717, 1.165) is 0 Å². The molecule has 0 radical (unpaired) electrons. The molecule has 0 aromatic heterocycles. The first-order chi connectivity index (χ1) is 3.29. The number of carbonyl (C=O) groups is 2. The standard InChI is InChI=1S/C4H3NO2.Mo/c6-3-1-2-4(7)5-3;/h1-2H,(H,5,6,7);. The Hall–Kier alpha value is -0.432. The third kappa shape index (κ3) is 1.58. The van der Waals surface area contributed by atoms with E-state index < -0.39 is 0 Å². The smallest absolute Gasteiger partial charge is 0.250 e. The number of imide groups is 1. The zero-order valence-corrected chi connectivity index (χ0v) is 5.89. The molecule has 0 spiro atoms. The van der Waals surface area contributed by atoms with E-state index in [1.54, 1.807) is 0 Å². The van der Waals surface area contributed by atoms with Crippen LogP contribution >= 0.6 is 0 Å². The molecule has 0 atom stereocenters. The van der Waals surface area contributed by atoms with Crippen molar-refractivity contribution in [2.75, 3.05) is 0 Å². The van der Waals surface area contributed by atoms with Crippen LogP contribution in [0.15, 0.2) is 12.2 Å². The predicted octanol–water partition coefficient (Wildman–Crippen LogP) is -0.804. The van der Waals surface area contributed by atoms with E-state index >= 15 is 0 Å². The Bertz CT molecular complexity index is 136. The van der Waals surface area contributed by atoms with Crippen LogP contribution in [0.25, 0.3) is 0 Å². The quantitative estimate of drug-likeness (QED) is 0.404. The van der Waals surface area contributed by atoms with Crippen molar-refractivity contribution in [3.05, 3.63) is 12.2 Å². The molecule has 4 heteroatoms. The van der Waals surface area contributed by atoms with Crippen LogP contribution in [0.4, 0.5) is 0 Å². The Balaban J connectivity index is 0.000000490. The van der Waals surface area contributed by atoms with Gasteiger partial charge in [-0.25, -0.2) is 0 Å². The molecule has 0 saturated heterocycles. The zero-order valence-electron chi connectivity index (χ0n) is 3.88. The number of hydrogen-bond donors (Lipinski definition) is 1. The summed E-state index contributed by atoms with van der Waals surface area (Å²) in [4.78, 5) is 20.1. The van der Waals surface area contributed by atoms with Gasteiger partial charge in [-0.05, 0) is 0 Å². The normalized spacial score (nSPS) is 15.5. The first-order valence-electron chi connectivity index (χ1n) is 1.82. The molecule has 1 aliphatic heterocycles.